The molecule has 0 bridgehead atoms. The average molecular weight is 279 g/mol. The Hall–Kier alpha value is -1.33. The number of hydrogen-bond donors (Lipinski definition) is 1. The topological polar surface area (TPSA) is 40.5 Å². The van der Waals surface area contributed by atoms with Gasteiger partial charge in [-0.05, 0) is 37.6 Å². The van der Waals surface area contributed by atoms with Crippen molar-refractivity contribution in [1.82, 2.24) is 4.90 Å². The fraction of sp³-hybridized carbons (Fsp3) is 0.231. The summed E-state index contributed by atoms with van der Waals surface area (Å²) in [7, 11) is 0. The maximum absolute atomic E-state index is 12.1. The van der Waals surface area contributed by atoms with Crippen molar-refractivity contribution in [2.45, 2.75) is 19.9 Å². The summed E-state index contributed by atoms with van der Waals surface area (Å²) in [6, 6.07) is 6.78. The van der Waals surface area contributed by atoms with Gasteiger partial charge < -0.3 is 5.11 Å². The predicted octanol–water partition coefficient (Wildman–Crippen LogP) is 3.00. The van der Waals surface area contributed by atoms with Crippen molar-refractivity contribution in [3.63, 3.8) is 0 Å². The summed E-state index contributed by atoms with van der Waals surface area (Å²) in [6.07, 6.45) is 1.79. The van der Waals surface area contributed by atoms with Crippen LogP contribution in [0.4, 0.5) is 0 Å². The van der Waals surface area contributed by atoms with E-state index in [2.05, 4.69) is 0 Å². The Kier molecular flexibility index (Phi) is 3.73. The Balaban J connectivity index is 2.28. The van der Waals surface area contributed by atoms with Crippen molar-refractivity contribution in [2.75, 3.05) is 0 Å². The third-order valence-corrected chi connectivity index (χ3v) is 3.86. The van der Waals surface area contributed by atoms with Crippen molar-refractivity contribution in [2.24, 2.45) is 0 Å². The molecule has 18 heavy (non-hydrogen) atoms. The minimum atomic E-state index is -0.0481. The van der Waals surface area contributed by atoms with E-state index in [0.717, 1.165) is 5.56 Å². The van der Waals surface area contributed by atoms with Gasteiger partial charge in [0.1, 0.15) is 10.1 Å². The molecule has 0 unspecified atom stereocenters. The smallest absolute Gasteiger partial charge is 0.266 e. The van der Waals surface area contributed by atoms with Crippen molar-refractivity contribution < 1.29 is 9.90 Å². The minimum Gasteiger partial charge on any atom is -0.508 e. The Morgan fingerprint density at radius 2 is 1.94 bits per heavy atom. The molecule has 0 aromatic heterocycles. The van der Waals surface area contributed by atoms with Gasteiger partial charge in [0.15, 0.2) is 0 Å². The maximum Gasteiger partial charge on any atom is 0.266 e. The lowest BCUT2D eigenvalue weighted by atomic mass is 10.2. The molecule has 1 saturated heterocycles. The molecule has 1 fully saturated rings. The van der Waals surface area contributed by atoms with E-state index in [1.54, 1.807) is 35.2 Å². The monoisotopic (exact) mass is 279 g/mol. The third kappa shape index (κ3) is 2.57. The van der Waals surface area contributed by atoms with Crippen molar-refractivity contribution in [3.05, 3.63) is 34.7 Å². The number of phenols is 1. The van der Waals surface area contributed by atoms with Crippen LogP contribution >= 0.6 is 24.0 Å². The van der Waals surface area contributed by atoms with Crippen molar-refractivity contribution >= 4 is 40.3 Å². The quantitative estimate of drug-likeness (QED) is 0.667. The number of thioether (sulfide) groups is 1. The molecule has 0 spiro atoms. The van der Waals surface area contributed by atoms with Gasteiger partial charge in [-0.15, -0.1) is 0 Å². The number of carbonyl (C=O) groups is 1. The maximum atomic E-state index is 12.1. The van der Waals surface area contributed by atoms with Gasteiger partial charge in [-0.2, -0.15) is 0 Å². The lowest BCUT2D eigenvalue weighted by Gasteiger charge is -2.18. The van der Waals surface area contributed by atoms with Crippen LogP contribution in [0.1, 0.15) is 19.4 Å². The highest BCUT2D eigenvalue weighted by Gasteiger charge is 2.33. The van der Waals surface area contributed by atoms with Gasteiger partial charge in [-0.3, -0.25) is 9.69 Å². The van der Waals surface area contributed by atoms with Gasteiger partial charge in [0.25, 0.3) is 5.91 Å². The average Bonchev–Trinajstić information content (AvgIpc) is 2.57. The van der Waals surface area contributed by atoms with Crippen LogP contribution in [0.15, 0.2) is 29.2 Å². The van der Waals surface area contributed by atoms with Crippen molar-refractivity contribution in [3.8, 4) is 5.75 Å². The zero-order valence-electron chi connectivity index (χ0n) is 10.1. The first-order valence-electron chi connectivity index (χ1n) is 5.55. The summed E-state index contributed by atoms with van der Waals surface area (Å²) in [5.74, 6) is 0.162. The Morgan fingerprint density at radius 1 is 1.33 bits per heavy atom. The molecule has 0 aliphatic carbocycles. The SMILES string of the molecule is CC(C)N1C(=O)/C(=C/c2ccc(O)cc2)SC1=S. The molecule has 1 heterocycles. The second-order valence-corrected chi connectivity index (χ2v) is 5.91. The number of carbonyl (C=O) groups excluding carboxylic acids is 1. The van der Waals surface area contributed by atoms with Crippen LogP contribution in [-0.2, 0) is 4.79 Å². The molecule has 5 heteroatoms. The highest BCUT2D eigenvalue weighted by atomic mass is 32.2. The number of rotatable bonds is 2. The molecule has 1 aliphatic heterocycles. The van der Waals surface area contributed by atoms with Crippen LogP contribution in [0, 0.1) is 0 Å². The first-order valence-corrected chi connectivity index (χ1v) is 6.77. The van der Waals surface area contributed by atoms with Gasteiger partial charge in [-0.1, -0.05) is 36.1 Å². The van der Waals surface area contributed by atoms with Crippen LogP contribution in [0.5, 0.6) is 5.75 Å². The summed E-state index contributed by atoms with van der Waals surface area (Å²) < 4.78 is 0.597. The minimum absolute atomic E-state index is 0.0481. The Bertz CT molecular complexity index is 520. The lowest BCUT2D eigenvalue weighted by molar-refractivity contribution is -0.123. The molecule has 0 radical (unpaired) electrons. The van der Waals surface area contributed by atoms with E-state index >= 15 is 0 Å². The molecule has 94 valence electrons. The summed E-state index contributed by atoms with van der Waals surface area (Å²) in [5, 5.41) is 9.20. The first kappa shape index (κ1) is 13.1. The summed E-state index contributed by atoms with van der Waals surface area (Å²) in [6.45, 7) is 3.88. The summed E-state index contributed by atoms with van der Waals surface area (Å²) in [5.41, 5.74) is 0.872. The number of aromatic hydroxyl groups is 1. The summed E-state index contributed by atoms with van der Waals surface area (Å²) >= 11 is 6.51. The molecular weight excluding hydrogens is 266 g/mol. The first-order chi connectivity index (χ1) is 8.49. The zero-order chi connectivity index (χ0) is 13.3. The number of phenolic OH excluding ortho intramolecular Hbond substituents is 1. The fourth-order valence-corrected chi connectivity index (χ4v) is 3.17. The van der Waals surface area contributed by atoms with E-state index in [4.69, 9.17) is 12.2 Å². The molecule has 2 rings (SSSR count). The highest BCUT2D eigenvalue weighted by Crippen LogP contribution is 2.33. The van der Waals surface area contributed by atoms with Gasteiger partial charge in [0.05, 0.1) is 4.91 Å². The van der Waals surface area contributed by atoms with Crippen LogP contribution in [0.2, 0.25) is 0 Å². The molecule has 1 aliphatic rings. The molecule has 3 nitrogen and oxygen atoms in total. The Labute approximate surface area is 115 Å². The fourth-order valence-electron chi connectivity index (χ4n) is 1.65. The molecule has 1 N–H and O–H groups in total. The van der Waals surface area contributed by atoms with Crippen LogP contribution in [0.25, 0.3) is 6.08 Å². The van der Waals surface area contributed by atoms with Gasteiger partial charge in [0, 0.05) is 6.04 Å². The zero-order valence-corrected chi connectivity index (χ0v) is 11.7. The number of amides is 1. The largest absolute Gasteiger partial charge is 0.508 e. The van der Waals surface area contributed by atoms with Crippen LogP contribution < -0.4 is 0 Å². The molecule has 1 amide bonds. The number of thiocarbonyl (C=S) groups is 1. The third-order valence-electron chi connectivity index (χ3n) is 2.53. The molecule has 0 saturated carbocycles. The van der Waals surface area contributed by atoms with Crippen LogP contribution in [0.3, 0.4) is 0 Å². The van der Waals surface area contributed by atoms with E-state index in [1.807, 2.05) is 13.8 Å². The van der Waals surface area contributed by atoms with E-state index in [1.165, 1.54) is 11.8 Å². The Morgan fingerprint density at radius 3 is 2.44 bits per heavy atom. The molecule has 1 aromatic rings. The van der Waals surface area contributed by atoms with E-state index in [9.17, 15) is 9.90 Å². The van der Waals surface area contributed by atoms with Crippen molar-refractivity contribution in [1.29, 1.82) is 0 Å². The van der Waals surface area contributed by atoms with E-state index < -0.39 is 0 Å². The van der Waals surface area contributed by atoms with Gasteiger partial charge in [0.2, 0.25) is 0 Å². The second kappa shape index (κ2) is 5.12. The number of nitrogens with zero attached hydrogens (tertiary/aromatic N) is 1. The molecule has 0 atom stereocenters. The summed E-state index contributed by atoms with van der Waals surface area (Å²) in [4.78, 5) is 14.4. The number of hydrogen-bond acceptors (Lipinski definition) is 4. The molecule has 1 aromatic carbocycles. The number of benzene rings is 1. The second-order valence-electron chi connectivity index (χ2n) is 4.24. The molecular formula is C13H13NO2S2. The highest BCUT2D eigenvalue weighted by molar-refractivity contribution is 8.26. The lowest BCUT2D eigenvalue weighted by Crippen LogP contribution is -2.34. The van der Waals surface area contributed by atoms with E-state index in [-0.39, 0.29) is 17.7 Å². The standard InChI is InChI=1S/C13H13NO2S2/c1-8(2)14-12(16)11(18-13(14)17)7-9-3-5-10(15)6-4-9/h3-8,15H,1-2H3/b11-7-. The van der Waals surface area contributed by atoms with Gasteiger partial charge in [-0.25, -0.2) is 0 Å². The van der Waals surface area contributed by atoms with E-state index in [0.29, 0.717) is 9.23 Å². The predicted molar refractivity (Wildman–Crippen MR) is 78.3 cm³/mol. The van der Waals surface area contributed by atoms with Gasteiger partial charge >= 0.3 is 0 Å². The normalized spacial score (nSPS) is 18.2. The van der Waals surface area contributed by atoms with Crippen LogP contribution in [-0.4, -0.2) is 26.3 Å².